The molecule has 0 atom stereocenters. The summed E-state index contributed by atoms with van der Waals surface area (Å²) in [6.45, 7) is 0.545. The zero-order chi connectivity index (χ0) is 14.3. The summed E-state index contributed by atoms with van der Waals surface area (Å²) in [6, 6.07) is 7.44. The maximum absolute atomic E-state index is 11.5. The topological polar surface area (TPSA) is 62.6 Å². The minimum atomic E-state index is -0.171. The number of ether oxygens (including phenoxy) is 2. The standard InChI is InChI=1S/C14H18N2O3/c1-16(14(17)6-8-15)9-7-11-4-5-12(18-2)10-13(11)19-3/h4-5,10H,6-7,9H2,1-3H3. The molecule has 19 heavy (non-hydrogen) atoms. The largest absolute Gasteiger partial charge is 0.497 e. The van der Waals surface area contributed by atoms with Crippen molar-refractivity contribution >= 4 is 5.91 Å². The van der Waals surface area contributed by atoms with Crippen molar-refractivity contribution in [3.63, 3.8) is 0 Å². The summed E-state index contributed by atoms with van der Waals surface area (Å²) < 4.78 is 10.4. The van der Waals surface area contributed by atoms with Crippen molar-refractivity contribution in [3.05, 3.63) is 23.8 Å². The number of amides is 1. The molecule has 0 spiro atoms. The van der Waals surface area contributed by atoms with E-state index in [4.69, 9.17) is 14.7 Å². The summed E-state index contributed by atoms with van der Waals surface area (Å²) in [5.74, 6) is 1.30. The van der Waals surface area contributed by atoms with E-state index in [9.17, 15) is 4.79 Å². The van der Waals surface area contributed by atoms with Crippen LogP contribution in [0.15, 0.2) is 18.2 Å². The monoisotopic (exact) mass is 262 g/mol. The Labute approximate surface area is 113 Å². The molecule has 102 valence electrons. The van der Waals surface area contributed by atoms with Gasteiger partial charge in [0.15, 0.2) is 0 Å². The first-order chi connectivity index (χ1) is 9.12. The highest BCUT2D eigenvalue weighted by molar-refractivity contribution is 5.77. The van der Waals surface area contributed by atoms with Crippen LogP contribution in [0.1, 0.15) is 12.0 Å². The third-order valence-corrected chi connectivity index (χ3v) is 2.87. The lowest BCUT2D eigenvalue weighted by Crippen LogP contribution is -2.28. The first-order valence-electron chi connectivity index (χ1n) is 5.94. The lowest BCUT2D eigenvalue weighted by atomic mass is 10.1. The number of hydrogen-bond acceptors (Lipinski definition) is 4. The van der Waals surface area contributed by atoms with Crippen molar-refractivity contribution in [1.82, 2.24) is 4.90 Å². The molecule has 1 amide bonds. The lowest BCUT2D eigenvalue weighted by Gasteiger charge is -2.17. The number of carbonyl (C=O) groups is 1. The highest BCUT2D eigenvalue weighted by Gasteiger charge is 2.10. The Kier molecular flexibility index (Phi) is 5.68. The molecule has 0 aromatic heterocycles. The normalized spacial score (nSPS) is 9.58. The molecule has 1 aromatic carbocycles. The van der Waals surface area contributed by atoms with Gasteiger partial charge in [0.1, 0.15) is 17.9 Å². The summed E-state index contributed by atoms with van der Waals surface area (Å²) >= 11 is 0. The Morgan fingerprint density at radius 3 is 2.68 bits per heavy atom. The fourth-order valence-electron chi connectivity index (χ4n) is 1.67. The molecule has 0 saturated carbocycles. The van der Waals surface area contributed by atoms with E-state index in [0.29, 0.717) is 13.0 Å². The molecule has 0 saturated heterocycles. The van der Waals surface area contributed by atoms with Crippen molar-refractivity contribution in [2.75, 3.05) is 27.8 Å². The number of benzene rings is 1. The van der Waals surface area contributed by atoms with Gasteiger partial charge < -0.3 is 14.4 Å². The molecule has 1 rings (SSSR count). The average Bonchev–Trinajstić information content (AvgIpc) is 2.44. The van der Waals surface area contributed by atoms with E-state index in [0.717, 1.165) is 17.1 Å². The van der Waals surface area contributed by atoms with Gasteiger partial charge in [-0.05, 0) is 18.1 Å². The summed E-state index contributed by atoms with van der Waals surface area (Å²) in [6.07, 6.45) is 0.580. The van der Waals surface area contributed by atoms with Crippen LogP contribution in [0.3, 0.4) is 0 Å². The van der Waals surface area contributed by atoms with E-state index >= 15 is 0 Å². The van der Waals surface area contributed by atoms with Crippen LogP contribution in [0.25, 0.3) is 0 Å². The maximum atomic E-state index is 11.5. The van der Waals surface area contributed by atoms with Gasteiger partial charge in [0.05, 0.1) is 20.3 Å². The Morgan fingerprint density at radius 1 is 1.37 bits per heavy atom. The molecule has 0 aliphatic carbocycles. The molecule has 0 fully saturated rings. The smallest absolute Gasteiger partial charge is 0.236 e. The van der Waals surface area contributed by atoms with Crippen LogP contribution in [0, 0.1) is 11.3 Å². The summed E-state index contributed by atoms with van der Waals surface area (Å²) in [4.78, 5) is 13.0. The number of likely N-dealkylation sites (N-methyl/N-ethyl adjacent to an activating group) is 1. The van der Waals surface area contributed by atoms with Crippen molar-refractivity contribution in [2.24, 2.45) is 0 Å². The summed E-state index contributed by atoms with van der Waals surface area (Å²) in [5, 5.41) is 8.48. The third-order valence-electron chi connectivity index (χ3n) is 2.87. The van der Waals surface area contributed by atoms with Crippen LogP contribution in [0.4, 0.5) is 0 Å². The molecule has 0 bridgehead atoms. The zero-order valence-corrected chi connectivity index (χ0v) is 11.5. The lowest BCUT2D eigenvalue weighted by molar-refractivity contribution is -0.128. The van der Waals surface area contributed by atoms with Crippen molar-refractivity contribution in [2.45, 2.75) is 12.8 Å². The molecule has 5 heteroatoms. The quantitative estimate of drug-likeness (QED) is 0.781. The van der Waals surface area contributed by atoms with Crippen molar-refractivity contribution in [3.8, 4) is 17.6 Å². The maximum Gasteiger partial charge on any atom is 0.236 e. The average molecular weight is 262 g/mol. The number of methoxy groups -OCH3 is 2. The molecule has 0 unspecified atom stereocenters. The van der Waals surface area contributed by atoms with Gasteiger partial charge in [-0.3, -0.25) is 4.79 Å². The van der Waals surface area contributed by atoms with Gasteiger partial charge in [-0.2, -0.15) is 5.26 Å². The van der Waals surface area contributed by atoms with Crippen LogP contribution in [0.2, 0.25) is 0 Å². The molecule has 0 aliphatic heterocycles. The van der Waals surface area contributed by atoms with Gasteiger partial charge in [-0.25, -0.2) is 0 Å². The Morgan fingerprint density at radius 2 is 2.11 bits per heavy atom. The number of hydrogen-bond donors (Lipinski definition) is 0. The minimum absolute atomic E-state index is 0.0871. The Hall–Kier alpha value is -2.22. The summed E-state index contributed by atoms with van der Waals surface area (Å²) in [5.41, 5.74) is 1.000. The van der Waals surface area contributed by atoms with E-state index in [1.165, 1.54) is 0 Å². The first-order valence-corrected chi connectivity index (χ1v) is 5.94. The van der Waals surface area contributed by atoms with E-state index in [1.807, 2.05) is 24.3 Å². The van der Waals surface area contributed by atoms with Gasteiger partial charge in [-0.1, -0.05) is 6.07 Å². The second-order valence-electron chi connectivity index (χ2n) is 4.08. The second-order valence-corrected chi connectivity index (χ2v) is 4.08. The molecular formula is C14H18N2O3. The molecule has 0 aliphatic rings. The third kappa shape index (κ3) is 4.18. The number of nitrogens with zero attached hydrogens (tertiary/aromatic N) is 2. The number of nitriles is 1. The van der Waals surface area contributed by atoms with E-state index in [2.05, 4.69) is 0 Å². The molecular weight excluding hydrogens is 244 g/mol. The van der Waals surface area contributed by atoms with E-state index in [1.54, 1.807) is 26.2 Å². The summed E-state index contributed by atoms with van der Waals surface area (Å²) in [7, 11) is 4.89. The predicted molar refractivity (Wildman–Crippen MR) is 71.1 cm³/mol. The minimum Gasteiger partial charge on any atom is -0.497 e. The SMILES string of the molecule is COc1ccc(CCN(C)C(=O)CC#N)c(OC)c1. The van der Waals surface area contributed by atoms with E-state index < -0.39 is 0 Å². The van der Waals surface area contributed by atoms with Crippen LogP contribution in [0.5, 0.6) is 11.5 Å². The number of carbonyl (C=O) groups excluding carboxylic acids is 1. The molecule has 0 radical (unpaired) electrons. The highest BCUT2D eigenvalue weighted by Crippen LogP contribution is 2.24. The van der Waals surface area contributed by atoms with Crippen LogP contribution in [-0.4, -0.2) is 38.6 Å². The number of rotatable bonds is 6. The van der Waals surface area contributed by atoms with Crippen molar-refractivity contribution in [1.29, 1.82) is 5.26 Å². The first kappa shape index (κ1) is 14.8. The molecule has 5 nitrogen and oxygen atoms in total. The van der Waals surface area contributed by atoms with Crippen LogP contribution < -0.4 is 9.47 Å². The zero-order valence-electron chi connectivity index (χ0n) is 11.5. The fourth-order valence-corrected chi connectivity index (χ4v) is 1.67. The molecule has 1 aromatic rings. The van der Waals surface area contributed by atoms with Gasteiger partial charge >= 0.3 is 0 Å². The van der Waals surface area contributed by atoms with Crippen LogP contribution >= 0.6 is 0 Å². The Bertz CT molecular complexity index is 480. The van der Waals surface area contributed by atoms with E-state index in [-0.39, 0.29) is 12.3 Å². The Balaban J connectivity index is 2.67. The second kappa shape index (κ2) is 7.27. The molecule has 0 N–H and O–H groups in total. The highest BCUT2D eigenvalue weighted by atomic mass is 16.5. The van der Waals surface area contributed by atoms with Gasteiger partial charge in [0, 0.05) is 19.7 Å². The van der Waals surface area contributed by atoms with Gasteiger partial charge in [0.2, 0.25) is 5.91 Å². The van der Waals surface area contributed by atoms with Crippen LogP contribution in [-0.2, 0) is 11.2 Å². The van der Waals surface area contributed by atoms with Gasteiger partial charge in [-0.15, -0.1) is 0 Å². The van der Waals surface area contributed by atoms with Crippen molar-refractivity contribution < 1.29 is 14.3 Å². The molecule has 0 heterocycles. The predicted octanol–water partition coefficient (Wildman–Crippen LogP) is 1.62. The van der Waals surface area contributed by atoms with Gasteiger partial charge in [0.25, 0.3) is 0 Å². The fraction of sp³-hybridized carbons (Fsp3) is 0.429.